The van der Waals surface area contributed by atoms with E-state index in [1.54, 1.807) is 6.92 Å². The van der Waals surface area contributed by atoms with Crippen molar-refractivity contribution in [2.45, 2.75) is 49.3 Å². The van der Waals surface area contributed by atoms with Crippen LogP contribution in [0, 0.1) is 5.92 Å². The van der Waals surface area contributed by atoms with Crippen molar-refractivity contribution in [3.05, 3.63) is 87.9 Å². The second-order valence-electron chi connectivity index (χ2n) is 12.0. The zero-order valence-corrected chi connectivity index (χ0v) is 29.0. The van der Waals surface area contributed by atoms with Crippen LogP contribution in [0.5, 0.6) is 17.2 Å². The largest absolute Gasteiger partial charge is 0.507 e. The van der Waals surface area contributed by atoms with Gasteiger partial charge in [0.05, 0.1) is 25.3 Å². The number of aromatic nitrogens is 2. The lowest BCUT2D eigenvalue weighted by molar-refractivity contribution is -0.121. The molecule has 3 unspecified atom stereocenters. The standard InChI is InChI=1S/C36H36ClN3O8S/c1-19-15-25(42)30(34(44)36(19)35(45)31-26(46-2)17-27(47-3)32(37)33(31)48-36)22(20-9-11-21(49-4)12-10-20)16-29(43)38-13-14-40-24-8-6-5-7-23(24)39-28(40)18-41/h5-12,17,19,22,41,44H,13-16,18H2,1-4H3,(H,38,43). The molecular weight excluding hydrogens is 670 g/mol. The number of halogens is 1. The number of ketones is 2. The summed E-state index contributed by atoms with van der Waals surface area (Å²) in [4.78, 5) is 47.3. The molecule has 1 aliphatic carbocycles. The summed E-state index contributed by atoms with van der Waals surface area (Å²) in [5, 5.41) is 24.9. The third-order valence-corrected chi connectivity index (χ3v) is 10.4. The molecule has 0 bridgehead atoms. The summed E-state index contributed by atoms with van der Waals surface area (Å²) in [6.07, 6.45) is 1.60. The summed E-state index contributed by atoms with van der Waals surface area (Å²) in [6.45, 7) is 1.94. The summed E-state index contributed by atoms with van der Waals surface area (Å²) in [6, 6.07) is 16.3. The molecule has 0 saturated carbocycles. The van der Waals surface area contributed by atoms with Gasteiger partial charge in [0.25, 0.3) is 0 Å². The topological polar surface area (TPSA) is 149 Å². The Morgan fingerprint density at radius 2 is 1.88 bits per heavy atom. The van der Waals surface area contributed by atoms with E-state index >= 15 is 0 Å². The lowest BCUT2D eigenvalue weighted by Crippen LogP contribution is -2.53. The van der Waals surface area contributed by atoms with E-state index in [4.69, 9.17) is 25.8 Å². The number of hydrogen-bond donors (Lipinski definition) is 3. The first-order valence-corrected chi connectivity index (χ1v) is 17.3. The first-order chi connectivity index (χ1) is 23.6. The fourth-order valence-corrected chi connectivity index (χ4v) is 7.49. The van der Waals surface area contributed by atoms with E-state index in [1.165, 1.54) is 32.0 Å². The van der Waals surface area contributed by atoms with E-state index in [2.05, 4.69) is 10.3 Å². The minimum Gasteiger partial charge on any atom is -0.507 e. The van der Waals surface area contributed by atoms with Gasteiger partial charge in [-0.3, -0.25) is 14.4 Å². The van der Waals surface area contributed by atoms with Gasteiger partial charge < -0.3 is 34.3 Å². The number of aliphatic hydroxyl groups is 2. The molecule has 2 heterocycles. The predicted octanol–water partition coefficient (Wildman–Crippen LogP) is 5.65. The Hall–Kier alpha value is -4.52. The van der Waals surface area contributed by atoms with E-state index in [-0.39, 0.29) is 65.3 Å². The van der Waals surface area contributed by atoms with Crippen molar-refractivity contribution in [1.29, 1.82) is 0 Å². The summed E-state index contributed by atoms with van der Waals surface area (Å²) in [5.41, 5.74) is 0.148. The number of aliphatic hydroxyl groups excluding tert-OH is 2. The smallest absolute Gasteiger partial charge is 0.231 e. The van der Waals surface area contributed by atoms with E-state index < -0.39 is 34.8 Å². The summed E-state index contributed by atoms with van der Waals surface area (Å²) in [7, 11) is 2.81. The molecule has 1 spiro atoms. The normalized spacial score (nSPS) is 19.3. The predicted molar refractivity (Wildman–Crippen MR) is 185 cm³/mol. The van der Waals surface area contributed by atoms with Gasteiger partial charge in [0.2, 0.25) is 17.3 Å². The Morgan fingerprint density at radius 3 is 2.55 bits per heavy atom. The average Bonchev–Trinajstić information content (AvgIpc) is 3.63. The number of fused-ring (bicyclic) bond motifs is 2. The van der Waals surface area contributed by atoms with Gasteiger partial charge >= 0.3 is 0 Å². The molecule has 3 aromatic carbocycles. The van der Waals surface area contributed by atoms with Crippen molar-refractivity contribution >= 4 is 51.9 Å². The molecular formula is C36H36ClN3O8S. The van der Waals surface area contributed by atoms with Gasteiger partial charge in [-0.05, 0) is 36.1 Å². The Bertz CT molecular complexity index is 1990. The van der Waals surface area contributed by atoms with Crippen LogP contribution in [0.4, 0.5) is 0 Å². The minimum absolute atomic E-state index is 0.0112. The number of nitrogens with zero attached hydrogens (tertiary/aromatic N) is 2. The van der Waals surface area contributed by atoms with Gasteiger partial charge in [0, 0.05) is 54.3 Å². The lowest BCUT2D eigenvalue weighted by Gasteiger charge is -2.38. The molecule has 256 valence electrons. The first kappa shape index (κ1) is 34.3. The van der Waals surface area contributed by atoms with Crippen LogP contribution in [0.1, 0.15) is 47.4 Å². The van der Waals surface area contributed by atoms with E-state index in [9.17, 15) is 24.6 Å². The molecule has 1 amide bonds. The average molecular weight is 706 g/mol. The van der Waals surface area contributed by atoms with E-state index in [0.29, 0.717) is 17.9 Å². The number of methoxy groups -OCH3 is 2. The van der Waals surface area contributed by atoms with Crippen molar-refractivity contribution in [3.63, 3.8) is 0 Å². The molecule has 6 rings (SSSR count). The molecule has 1 aromatic heterocycles. The molecule has 0 radical (unpaired) electrons. The van der Waals surface area contributed by atoms with E-state index in [1.807, 2.05) is 59.4 Å². The van der Waals surface area contributed by atoms with Gasteiger partial charge in [-0.2, -0.15) is 0 Å². The number of rotatable bonds is 11. The molecule has 3 atom stereocenters. The van der Waals surface area contributed by atoms with Gasteiger partial charge in [-0.1, -0.05) is 42.8 Å². The molecule has 3 N–H and O–H groups in total. The zero-order valence-electron chi connectivity index (χ0n) is 27.4. The number of allylic oxidation sites excluding steroid dienone is 1. The molecule has 2 aliphatic rings. The van der Waals surface area contributed by atoms with Crippen molar-refractivity contribution in [2.75, 3.05) is 27.0 Å². The molecule has 13 heteroatoms. The highest BCUT2D eigenvalue weighted by molar-refractivity contribution is 7.98. The third-order valence-electron chi connectivity index (χ3n) is 9.30. The maximum atomic E-state index is 14.3. The number of ether oxygens (including phenoxy) is 3. The summed E-state index contributed by atoms with van der Waals surface area (Å²) in [5.74, 6) is -2.82. The fourth-order valence-electron chi connectivity index (χ4n) is 6.82. The number of thioether (sulfide) groups is 1. The molecule has 0 saturated heterocycles. The first-order valence-electron chi connectivity index (χ1n) is 15.7. The number of Topliss-reactive ketones (excluding diaryl/α,β-unsaturated/α-hetero) is 2. The van der Waals surface area contributed by atoms with Crippen LogP contribution in [0.3, 0.4) is 0 Å². The van der Waals surface area contributed by atoms with Crippen molar-refractivity contribution in [3.8, 4) is 17.2 Å². The lowest BCUT2D eigenvalue weighted by atomic mass is 9.69. The highest BCUT2D eigenvalue weighted by Crippen LogP contribution is 2.55. The molecule has 11 nitrogen and oxygen atoms in total. The Balaban J connectivity index is 1.36. The number of carbonyl (C=O) groups is 3. The van der Waals surface area contributed by atoms with Crippen LogP contribution >= 0.6 is 23.4 Å². The molecule has 0 fully saturated rings. The van der Waals surface area contributed by atoms with Crippen LogP contribution < -0.4 is 19.5 Å². The number of hydrogen-bond acceptors (Lipinski definition) is 10. The quantitative estimate of drug-likeness (QED) is 0.167. The van der Waals surface area contributed by atoms with Crippen molar-refractivity contribution in [2.24, 2.45) is 5.92 Å². The fraction of sp³-hybridized carbons (Fsp3) is 0.333. The van der Waals surface area contributed by atoms with Gasteiger partial charge in [-0.15, -0.1) is 11.8 Å². The number of imidazole rings is 1. The van der Waals surface area contributed by atoms with Crippen LogP contribution in [-0.4, -0.2) is 69.9 Å². The molecule has 49 heavy (non-hydrogen) atoms. The van der Waals surface area contributed by atoms with Crippen molar-refractivity contribution < 1.29 is 38.8 Å². The Labute approximate surface area is 292 Å². The van der Waals surface area contributed by atoms with Gasteiger partial charge in [0.1, 0.15) is 34.5 Å². The number of amides is 1. The number of para-hydroxylation sites is 2. The highest BCUT2D eigenvalue weighted by Gasteiger charge is 2.61. The summed E-state index contributed by atoms with van der Waals surface area (Å²) >= 11 is 8.14. The monoisotopic (exact) mass is 705 g/mol. The third kappa shape index (κ3) is 5.81. The Kier molecular flexibility index (Phi) is 9.65. The van der Waals surface area contributed by atoms with Crippen LogP contribution in [0.15, 0.2) is 70.8 Å². The van der Waals surface area contributed by atoms with Crippen LogP contribution in [0.2, 0.25) is 5.02 Å². The number of carbonyl (C=O) groups excluding carboxylic acids is 3. The summed E-state index contributed by atoms with van der Waals surface area (Å²) < 4.78 is 19.0. The SMILES string of the molecule is COc1cc(OC)c2c(c1Cl)OC1(C2=O)C(O)=C(C(CC(=O)NCCn2c(CO)nc3ccccc32)c2ccc(SC)cc2)C(=O)CC1C. The van der Waals surface area contributed by atoms with Crippen LogP contribution in [-0.2, 0) is 22.7 Å². The maximum absolute atomic E-state index is 14.3. The second-order valence-corrected chi connectivity index (χ2v) is 13.2. The van der Waals surface area contributed by atoms with Crippen molar-refractivity contribution in [1.82, 2.24) is 14.9 Å². The van der Waals surface area contributed by atoms with Crippen LogP contribution in [0.25, 0.3) is 11.0 Å². The van der Waals surface area contributed by atoms with Gasteiger partial charge in [0.15, 0.2) is 17.3 Å². The number of benzene rings is 3. The second kappa shape index (κ2) is 13.8. The molecule has 4 aromatic rings. The zero-order chi connectivity index (χ0) is 35.0. The highest BCUT2D eigenvalue weighted by atomic mass is 35.5. The number of nitrogens with one attached hydrogen (secondary N) is 1. The molecule has 1 aliphatic heterocycles. The van der Waals surface area contributed by atoms with Gasteiger partial charge in [-0.25, -0.2) is 4.98 Å². The van der Waals surface area contributed by atoms with E-state index in [0.717, 1.165) is 15.9 Å². The minimum atomic E-state index is -1.98. The maximum Gasteiger partial charge on any atom is 0.231 e. The Morgan fingerprint density at radius 1 is 1.16 bits per heavy atom.